The molecule has 27 heavy (non-hydrogen) atoms. The van der Waals surface area contributed by atoms with Gasteiger partial charge in [-0.15, -0.1) is 11.3 Å². The number of carbonyl (C=O) groups is 1. The molecule has 0 bridgehead atoms. The van der Waals surface area contributed by atoms with E-state index in [4.69, 9.17) is 0 Å². The highest BCUT2D eigenvalue weighted by Crippen LogP contribution is 2.22. The second-order valence-electron chi connectivity index (χ2n) is 6.64. The maximum Gasteiger partial charge on any atom is 0.268 e. The number of aromatic nitrogens is 3. The molecule has 4 aromatic rings. The summed E-state index contributed by atoms with van der Waals surface area (Å²) >= 11 is 1.36. The van der Waals surface area contributed by atoms with E-state index in [2.05, 4.69) is 15.0 Å². The summed E-state index contributed by atoms with van der Waals surface area (Å²) in [5, 5.41) is 2.66. The Bertz CT molecular complexity index is 1240. The minimum Gasteiger partial charge on any atom is -0.334 e. The molecule has 136 valence electrons. The second kappa shape index (κ2) is 6.59. The zero-order chi connectivity index (χ0) is 19.1. The van der Waals surface area contributed by atoms with Gasteiger partial charge in [0.15, 0.2) is 0 Å². The molecule has 0 aliphatic rings. The van der Waals surface area contributed by atoms with E-state index in [0.29, 0.717) is 21.6 Å². The van der Waals surface area contributed by atoms with E-state index in [1.165, 1.54) is 11.3 Å². The fourth-order valence-electron chi connectivity index (χ4n) is 3.15. The van der Waals surface area contributed by atoms with Crippen molar-refractivity contribution in [3.63, 3.8) is 0 Å². The summed E-state index contributed by atoms with van der Waals surface area (Å²) in [5.74, 6) is 0.331. The molecule has 7 heteroatoms. The lowest BCUT2D eigenvalue weighted by Crippen LogP contribution is -2.28. The fraction of sp³-hybridized carbons (Fsp3) is 0.200. The molecule has 6 nitrogen and oxygen atoms in total. The Hall–Kier alpha value is -3.06. The number of pyridine rings is 1. The highest BCUT2D eigenvalue weighted by molar-refractivity contribution is 7.17. The van der Waals surface area contributed by atoms with Gasteiger partial charge in [0.2, 0.25) is 0 Å². The number of hydrogen-bond donors (Lipinski definition) is 1. The molecule has 0 saturated carbocycles. The first-order valence-electron chi connectivity index (χ1n) is 8.52. The number of amides is 1. The molecule has 0 saturated heterocycles. The third kappa shape index (κ3) is 3.21. The standard InChI is InChI=1S/C20H18N4O2S/c1-11-4-5-15-13(8-11)14(9-12(2)21-15)20(26)24(3)10-17-22-16-6-7-27-18(16)19(25)23-17/h4-9H,10H2,1-3H3,(H,22,23,25). The lowest BCUT2D eigenvalue weighted by Gasteiger charge is -2.18. The van der Waals surface area contributed by atoms with Gasteiger partial charge in [-0.05, 0) is 43.5 Å². The van der Waals surface area contributed by atoms with Crippen LogP contribution in [0.1, 0.15) is 27.4 Å². The first kappa shape index (κ1) is 17.4. The topological polar surface area (TPSA) is 79.0 Å². The number of fused-ring (bicyclic) bond motifs is 2. The Morgan fingerprint density at radius 2 is 1.96 bits per heavy atom. The lowest BCUT2D eigenvalue weighted by atomic mass is 10.0. The minimum absolute atomic E-state index is 0.135. The number of carbonyl (C=O) groups excluding carboxylic acids is 1. The lowest BCUT2D eigenvalue weighted by molar-refractivity contribution is 0.0783. The van der Waals surface area contributed by atoms with Crippen LogP contribution in [0.4, 0.5) is 0 Å². The maximum atomic E-state index is 13.1. The van der Waals surface area contributed by atoms with E-state index >= 15 is 0 Å². The number of thiophene rings is 1. The molecule has 0 spiro atoms. The number of nitrogens with zero attached hydrogens (tertiary/aromatic N) is 3. The van der Waals surface area contributed by atoms with Crippen molar-refractivity contribution in [3.05, 3.63) is 68.7 Å². The van der Waals surface area contributed by atoms with Gasteiger partial charge in [-0.3, -0.25) is 14.6 Å². The zero-order valence-electron chi connectivity index (χ0n) is 15.2. The van der Waals surface area contributed by atoms with Gasteiger partial charge in [0.25, 0.3) is 11.5 Å². The molecular formula is C20H18N4O2S. The van der Waals surface area contributed by atoms with Crippen LogP contribution in [-0.2, 0) is 6.54 Å². The minimum atomic E-state index is -0.174. The van der Waals surface area contributed by atoms with E-state index in [1.807, 2.05) is 43.5 Å². The van der Waals surface area contributed by atoms with Gasteiger partial charge in [-0.2, -0.15) is 0 Å². The summed E-state index contributed by atoms with van der Waals surface area (Å²) in [6, 6.07) is 9.50. The Kier molecular flexibility index (Phi) is 4.24. The number of benzene rings is 1. The van der Waals surface area contributed by atoms with Crippen molar-refractivity contribution in [2.45, 2.75) is 20.4 Å². The number of H-pyrrole nitrogens is 1. The molecule has 0 radical (unpaired) electrons. The Labute approximate surface area is 159 Å². The number of aryl methyl sites for hydroxylation is 2. The smallest absolute Gasteiger partial charge is 0.268 e. The van der Waals surface area contributed by atoms with Crippen molar-refractivity contribution in [2.75, 3.05) is 7.05 Å². The van der Waals surface area contributed by atoms with Crippen molar-refractivity contribution < 1.29 is 4.79 Å². The van der Waals surface area contributed by atoms with Crippen molar-refractivity contribution in [1.82, 2.24) is 19.9 Å². The van der Waals surface area contributed by atoms with Crippen LogP contribution in [0.15, 0.2) is 40.5 Å². The summed E-state index contributed by atoms with van der Waals surface area (Å²) in [4.78, 5) is 38.5. The van der Waals surface area contributed by atoms with Crippen LogP contribution < -0.4 is 5.56 Å². The van der Waals surface area contributed by atoms with E-state index in [0.717, 1.165) is 22.2 Å². The molecular weight excluding hydrogens is 360 g/mol. The van der Waals surface area contributed by atoms with Gasteiger partial charge in [-0.1, -0.05) is 11.6 Å². The van der Waals surface area contributed by atoms with Crippen LogP contribution in [0.3, 0.4) is 0 Å². The summed E-state index contributed by atoms with van der Waals surface area (Å²) in [6.45, 7) is 4.08. The Morgan fingerprint density at radius 1 is 1.15 bits per heavy atom. The highest BCUT2D eigenvalue weighted by Gasteiger charge is 2.18. The quantitative estimate of drug-likeness (QED) is 0.592. The van der Waals surface area contributed by atoms with Gasteiger partial charge >= 0.3 is 0 Å². The molecule has 0 unspecified atom stereocenters. The van der Waals surface area contributed by atoms with Crippen LogP contribution in [0.5, 0.6) is 0 Å². The maximum absolute atomic E-state index is 13.1. The van der Waals surface area contributed by atoms with Crippen molar-refractivity contribution in [2.24, 2.45) is 0 Å². The first-order chi connectivity index (χ1) is 12.9. The van der Waals surface area contributed by atoms with Crippen molar-refractivity contribution in [3.8, 4) is 0 Å². The third-order valence-corrected chi connectivity index (χ3v) is 5.32. The van der Waals surface area contributed by atoms with Crippen LogP contribution >= 0.6 is 11.3 Å². The van der Waals surface area contributed by atoms with Crippen LogP contribution in [0.2, 0.25) is 0 Å². The summed E-state index contributed by atoms with van der Waals surface area (Å²) in [6.07, 6.45) is 0. The molecule has 3 heterocycles. The van der Waals surface area contributed by atoms with Crippen LogP contribution in [0, 0.1) is 13.8 Å². The fourth-order valence-corrected chi connectivity index (χ4v) is 3.87. The molecule has 1 N–H and O–H groups in total. The Balaban J connectivity index is 1.70. The van der Waals surface area contributed by atoms with E-state index in [-0.39, 0.29) is 18.0 Å². The monoisotopic (exact) mass is 378 g/mol. The largest absolute Gasteiger partial charge is 0.334 e. The SMILES string of the molecule is Cc1ccc2nc(C)cc(C(=O)N(C)Cc3nc4ccsc4c(=O)[nH]3)c2c1. The average molecular weight is 378 g/mol. The molecule has 1 aromatic carbocycles. The summed E-state index contributed by atoms with van der Waals surface area (Å²) in [5.41, 5.74) is 3.73. The predicted molar refractivity (Wildman–Crippen MR) is 107 cm³/mol. The molecule has 4 rings (SSSR count). The van der Waals surface area contributed by atoms with Gasteiger partial charge < -0.3 is 9.88 Å². The normalized spacial score (nSPS) is 11.2. The molecule has 0 atom stereocenters. The first-order valence-corrected chi connectivity index (χ1v) is 9.40. The van der Waals surface area contributed by atoms with E-state index in [1.54, 1.807) is 18.0 Å². The van der Waals surface area contributed by atoms with Gasteiger partial charge in [0.1, 0.15) is 10.5 Å². The summed E-state index contributed by atoms with van der Waals surface area (Å²) in [7, 11) is 1.71. The molecule has 0 fully saturated rings. The number of rotatable bonds is 3. The van der Waals surface area contributed by atoms with E-state index < -0.39 is 0 Å². The molecule has 0 aliphatic carbocycles. The number of hydrogen-bond acceptors (Lipinski definition) is 5. The van der Waals surface area contributed by atoms with Crippen LogP contribution in [-0.4, -0.2) is 32.8 Å². The molecule has 3 aromatic heterocycles. The molecule has 0 aliphatic heterocycles. The predicted octanol–water partition coefficient (Wildman–Crippen LogP) is 3.42. The average Bonchev–Trinajstić information content (AvgIpc) is 3.10. The van der Waals surface area contributed by atoms with Crippen LogP contribution in [0.25, 0.3) is 21.1 Å². The van der Waals surface area contributed by atoms with Gasteiger partial charge in [-0.25, -0.2) is 4.98 Å². The second-order valence-corrected chi connectivity index (χ2v) is 7.56. The Morgan fingerprint density at radius 3 is 2.78 bits per heavy atom. The zero-order valence-corrected chi connectivity index (χ0v) is 16.1. The number of nitrogens with one attached hydrogen (secondary N) is 1. The van der Waals surface area contributed by atoms with Crippen molar-refractivity contribution >= 4 is 38.4 Å². The van der Waals surface area contributed by atoms with E-state index in [9.17, 15) is 9.59 Å². The number of aromatic amines is 1. The molecule has 1 amide bonds. The van der Waals surface area contributed by atoms with Crippen molar-refractivity contribution in [1.29, 1.82) is 0 Å². The summed E-state index contributed by atoms with van der Waals surface area (Å²) < 4.78 is 0.596. The highest BCUT2D eigenvalue weighted by atomic mass is 32.1. The van der Waals surface area contributed by atoms with Gasteiger partial charge in [0, 0.05) is 18.1 Å². The third-order valence-electron chi connectivity index (χ3n) is 4.42. The van der Waals surface area contributed by atoms with Gasteiger partial charge in [0.05, 0.1) is 23.1 Å².